The van der Waals surface area contributed by atoms with Crippen LogP contribution in [-0.4, -0.2) is 25.2 Å². The summed E-state index contributed by atoms with van der Waals surface area (Å²) in [7, 11) is 0. The molecule has 0 bridgehead atoms. The van der Waals surface area contributed by atoms with Crippen LogP contribution in [0, 0.1) is 12.8 Å². The predicted molar refractivity (Wildman–Crippen MR) is 84.2 cm³/mol. The number of nitrogens with zero attached hydrogens (tertiary/aromatic N) is 1. The van der Waals surface area contributed by atoms with Gasteiger partial charge < -0.3 is 10.2 Å². The van der Waals surface area contributed by atoms with Crippen LogP contribution >= 0.6 is 11.6 Å². The van der Waals surface area contributed by atoms with Crippen molar-refractivity contribution in [3.63, 3.8) is 0 Å². The van der Waals surface area contributed by atoms with E-state index in [0.717, 1.165) is 23.7 Å². The fourth-order valence-electron chi connectivity index (χ4n) is 2.67. The zero-order valence-corrected chi connectivity index (χ0v) is 13.2. The summed E-state index contributed by atoms with van der Waals surface area (Å²) in [6.45, 7) is 11.0. The SMILES string of the molecule is CCC(C)C1CN(c2ccc(C)c(Cl)c2)C(C)CN1. The van der Waals surface area contributed by atoms with Gasteiger partial charge in [-0.2, -0.15) is 0 Å². The standard InChI is InChI=1S/C16H25ClN2/c1-5-11(2)16-10-19(13(4)9-18-16)14-7-6-12(3)15(17)8-14/h6-8,11,13,16,18H,5,9-10H2,1-4H3. The molecule has 3 unspecified atom stereocenters. The van der Waals surface area contributed by atoms with Gasteiger partial charge in [-0.05, 0) is 37.5 Å². The van der Waals surface area contributed by atoms with Gasteiger partial charge in [-0.1, -0.05) is 37.9 Å². The molecule has 0 amide bonds. The Morgan fingerprint density at radius 2 is 2.21 bits per heavy atom. The topological polar surface area (TPSA) is 15.3 Å². The molecule has 1 aromatic carbocycles. The minimum atomic E-state index is 0.513. The van der Waals surface area contributed by atoms with Crippen LogP contribution in [0.4, 0.5) is 5.69 Å². The summed E-state index contributed by atoms with van der Waals surface area (Å²) in [5.41, 5.74) is 2.39. The molecular formula is C16H25ClN2. The monoisotopic (exact) mass is 280 g/mol. The van der Waals surface area contributed by atoms with E-state index < -0.39 is 0 Å². The molecule has 3 atom stereocenters. The summed E-state index contributed by atoms with van der Waals surface area (Å²) in [5.74, 6) is 0.705. The Kier molecular flexibility index (Phi) is 4.75. The number of nitrogens with one attached hydrogen (secondary N) is 1. The number of benzene rings is 1. The molecule has 2 rings (SSSR count). The lowest BCUT2D eigenvalue weighted by Gasteiger charge is -2.42. The molecule has 1 saturated heterocycles. The van der Waals surface area contributed by atoms with Gasteiger partial charge in [0, 0.05) is 35.9 Å². The van der Waals surface area contributed by atoms with Crippen molar-refractivity contribution in [2.24, 2.45) is 5.92 Å². The lowest BCUT2D eigenvalue weighted by Crippen LogP contribution is -2.57. The Bertz CT molecular complexity index is 433. The molecule has 0 spiro atoms. The lowest BCUT2D eigenvalue weighted by molar-refractivity contribution is 0.316. The molecule has 1 aliphatic heterocycles. The second-order valence-electron chi connectivity index (χ2n) is 5.84. The van der Waals surface area contributed by atoms with Gasteiger partial charge in [0.25, 0.3) is 0 Å². The van der Waals surface area contributed by atoms with E-state index in [2.05, 4.69) is 56.1 Å². The van der Waals surface area contributed by atoms with Crippen LogP contribution < -0.4 is 10.2 Å². The fraction of sp³-hybridized carbons (Fsp3) is 0.625. The van der Waals surface area contributed by atoms with Gasteiger partial charge in [0.15, 0.2) is 0 Å². The van der Waals surface area contributed by atoms with Crippen molar-refractivity contribution in [3.05, 3.63) is 28.8 Å². The highest BCUT2D eigenvalue weighted by Crippen LogP contribution is 2.27. The Morgan fingerprint density at radius 1 is 1.47 bits per heavy atom. The van der Waals surface area contributed by atoms with Gasteiger partial charge in [-0.3, -0.25) is 0 Å². The van der Waals surface area contributed by atoms with E-state index in [4.69, 9.17) is 11.6 Å². The average Bonchev–Trinajstić information content (AvgIpc) is 2.41. The maximum atomic E-state index is 6.26. The number of hydrogen-bond donors (Lipinski definition) is 1. The summed E-state index contributed by atoms with van der Waals surface area (Å²) in [5, 5.41) is 4.53. The summed E-state index contributed by atoms with van der Waals surface area (Å²) in [6, 6.07) is 7.49. The van der Waals surface area contributed by atoms with Crippen molar-refractivity contribution < 1.29 is 0 Å². The van der Waals surface area contributed by atoms with Gasteiger partial charge in [-0.25, -0.2) is 0 Å². The molecule has 19 heavy (non-hydrogen) atoms. The zero-order valence-electron chi connectivity index (χ0n) is 12.4. The molecule has 0 aromatic heterocycles. The van der Waals surface area contributed by atoms with E-state index in [0.29, 0.717) is 18.0 Å². The molecule has 1 aliphatic rings. The third kappa shape index (κ3) is 3.24. The van der Waals surface area contributed by atoms with Crippen LogP contribution in [0.3, 0.4) is 0 Å². The number of rotatable bonds is 3. The molecule has 1 fully saturated rings. The smallest absolute Gasteiger partial charge is 0.0455 e. The predicted octanol–water partition coefficient (Wildman–Crippen LogP) is 3.86. The Labute approximate surface area is 122 Å². The van der Waals surface area contributed by atoms with Crippen LogP contribution in [-0.2, 0) is 0 Å². The van der Waals surface area contributed by atoms with E-state index in [-0.39, 0.29) is 0 Å². The first-order chi connectivity index (χ1) is 9.02. The third-order valence-corrected chi connectivity index (χ3v) is 4.83. The molecule has 1 N–H and O–H groups in total. The molecular weight excluding hydrogens is 256 g/mol. The van der Waals surface area contributed by atoms with E-state index in [9.17, 15) is 0 Å². The minimum Gasteiger partial charge on any atom is -0.366 e. The summed E-state index contributed by atoms with van der Waals surface area (Å²) in [4.78, 5) is 2.48. The first-order valence-corrected chi connectivity index (χ1v) is 7.67. The first-order valence-electron chi connectivity index (χ1n) is 7.29. The molecule has 3 heteroatoms. The molecule has 0 radical (unpaired) electrons. The Hall–Kier alpha value is -0.730. The van der Waals surface area contributed by atoms with E-state index >= 15 is 0 Å². The van der Waals surface area contributed by atoms with Crippen molar-refractivity contribution in [1.82, 2.24) is 5.32 Å². The van der Waals surface area contributed by atoms with Crippen molar-refractivity contribution in [2.75, 3.05) is 18.0 Å². The summed E-state index contributed by atoms with van der Waals surface area (Å²) < 4.78 is 0. The van der Waals surface area contributed by atoms with E-state index in [1.165, 1.54) is 12.1 Å². The second-order valence-corrected chi connectivity index (χ2v) is 6.24. The second kappa shape index (κ2) is 6.15. The molecule has 0 saturated carbocycles. The van der Waals surface area contributed by atoms with E-state index in [1.807, 2.05) is 0 Å². The highest BCUT2D eigenvalue weighted by Gasteiger charge is 2.27. The average molecular weight is 281 g/mol. The van der Waals surface area contributed by atoms with Crippen molar-refractivity contribution in [1.29, 1.82) is 0 Å². The highest BCUT2D eigenvalue weighted by molar-refractivity contribution is 6.31. The van der Waals surface area contributed by atoms with Crippen molar-refractivity contribution in [3.8, 4) is 0 Å². The third-order valence-electron chi connectivity index (χ3n) is 4.42. The highest BCUT2D eigenvalue weighted by atomic mass is 35.5. The molecule has 106 valence electrons. The van der Waals surface area contributed by atoms with Crippen molar-refractivity contribution >= 4 is 17.3 Å². The van der Waals surface area contributed by atoms with Gasteiger partial charge in [-0.15, -0.1) is 0 Å². The van der Waals surface area contributed by atoms with Crippen LogP contribution in [0.1, 0.15) is 32.8 Å². The van der Waals surface area contributed by atoms with E-state index in [1.54, 1.807) is 0 Å². The van der Waals surface area contributed by atoms with Crippen LogP contribution in [0.2, 0.25) is 5.02 Å². The first kappa shape index (κ1) is 14.7. The Balaban J connectivity index is 2.18. The quantitative estimate of drug-likeness (QED) is 0.904. The lowest BCUT2D eigenvalue weighted by atomic mass is 9.95. The maximum absolute atomic E-state index is 6.26. The summed E-state index contributed by atoms with van der Waals surface area (Å²) >= 11 is 6.26. The number of hydrogen-bond acceptors (Lipinski definition) is 2. The number of halogens is 1. The van der Waals surface area contributed by atoms with Gasteiger partial charge in [0.2, 0.25) is 0 Å². The molecule has 1 aromatic rings. The van der Waals surface area contributed by atoms with Gasteiger partial charge in [0.05, 0.1) is 0 Å². The normalized spacial score (nSPS) is 25.4. The molecule has 0 aliphatic carbocycles. The Morgan fingerprint density at radius 3 is 2.84 bits per heavy atom. The minimum absolute atomic E-state index is 0.513. The largest absolute Gasteiger partial charge is 0.366 e. The zero-order chi connectivity index (χ0) is 14.0. The maximum Gasteiger partial charge on any atom is 0.0455 e. The number of piperazine rings is 1. The number of anilines is 1. The van der Waals surface area contributed by atoms with Crippen molar-refractivity contribution in [2.45, 2.75) is 46.2 Å². The summed E-state index contributed by atoms with van der Waals surface area (Å²) in [6.07, 6.45) is 1.22. The van der Waals surface area contributed by atoms with Crippen LogP contribution in [0.15, 0.2) is 18.2 Å². The fourth-order valence-corrected chi connectivity index (χ4v) is 2.85. The van der Waals surface area contributed by atoms with Gasteiger partial charge >= 0.3 is 0 Å². The molecule has 2 nitrogen and oxygen atoms in total. The van der Waals surface area contributed by atoms with Crippen LogP contribution in [0.25, 0.3) is 0 Å². The van der Waals surface area contributed by atoms with Gasteiger partial charge in [0.1, 0.15) is 0 Å². The van der Waals surface area contributed by atoms with Crippen LogP contribution in [0.5, 0.6) is 0 Å². The number of aryl methyl sites for hydroxylation is 1. The molecule has 1 heterocycles.